The van der Waals surface area contributed by atoms with Gasteiger partial charge in [-0.1, -0.05) is 12.0 Å². The predicted octanol–water partition coefficient (Wildman–Crippen LogP) is 3.29. The number of halogens is 1. The number of rotatable bonds is 3. The highest BCUT2D eigenvalue weighted by Crippen LogP contribution is 2.15. The van der Waals surface area contributed by atoms with Crippen molar-refractivity contribution in [2.24, 2.45) is 0 Å². The molecule has 0 aliphatic heterocycles. The van der Waals surface area contributed by atoms with E-state index in [0.29, 0.717) is 17.7 Å². The van der Waals surface area contributed by atoms with Crippen LogP contribution < -0.4 is 5.32 Å². The predicted molar refractivity (Wildman–Crippen MR) is 72.8 cm³/mol. The smallest absolute Gasteiger partial charge is 0.123 e. The van der Waals surface area contributed by atoms with Gasteiger partial charge < -0.3 is 5.32 Å². The van der Waals surface area contributed by atoms with E-state index >= 15 is 0 Å². The molecular formula is C16H11FN2. The molecule has 0 radical (unpaired) electrons. The lowest BCUT2D eigenvalue weighted by Gasteiger charge is -2.08. The molecule has 0 fully saturated rings. The zero-order chi connectivity index (χ0) is 13.7. The van der Waals surface area contributed by atoms with E-state index in [9.17, 15) is 4.39 Å². The third kappa shape index (κ3) is 3.12. The first-order chi connectivity index (χ1) is 9.22. The second-order valence-electron chi connectivity index (χ2n) is 3.99. The van der Waals surface area contributed by atoms with Crippen molar-refractivity contribution in [3.05, 3.63) is 65.0 Å². The van der Waals surface area contributed by atoms with Crippen molar-refractivity contribution in [2.45, 2.75) is 6.54 Å². The Morgan fingerprint density at radius 1 is 1.21 bits per heavy atom. The molecule has 0 heterocycles. The average Bonchev–Trinajstić information content (AvgIpc) is 2.45. The number of nitrogens with zero attached hydrogens (tertiary/aromatic N) is 1. The van der Waals surface area contributed by atoms with Crippen molar-refractivity contribution in [1.29, 1.82) is 5.26 Å². The van der Waals surface area contributed by atoms with Crippen LogP contribution in [0.15, 0.2) is 42.5 Å². The fourth-order valence-electron chi connectivity index (χ4n) is 1.73. The minimum absolute atomic E-state index is 0.354. The first-order valence-corrected chi connectivity index (χ1v) is 5.72. The number of hydrogen-bond donors (Lipinski definition) is 1. The van der Waals surface area contributed by atoms with E-state index in [1.165, 1.54) is 18.2 Å². The van der Waals surface area contributed by atoms with Crippen LogP contribution in [0.5, 0.6) is 0 Å². The Morgan fingerprint density at radius 2 is 2.05 bits per heavy atom. The zero-order valence-corrected chi connectivity index (χ0v) is 10.2. The maximum Gasteiger partial charge on any atom is 0.123 e. The van der Waals surface area contributed by atoms with E-state index in [4.69, 9.17) is 11.7 Å². The van der Waals surface area contributed by atoms with Crippen LogP contribution in [0.1, 0.15) is 16.7 Å². The topological polar surface area (TPSA) is 35.8 Å². The molecule has 19 heavy (non-hydrogen) atoms. The molecule has 0 bridgehead atoms. The Morgan fingerprint density at radius 3 is 2.79 bits per heavy atom. The number of anilines is 1. The molecule has 0 aromatic heterocycles. The Labute approximate surface area is 111 Å². The second-order valence-corrected chi connectivity index (χ2v) is 3.99. The summed E-state index contributed by atoms with van der Waals surface area (Å²) in [6.45, 7) is 0.370. The van der Waals surface area contributed by atoms with E-state index in [2.05, 4.69) is 11.2 Å². The van der Waals surface area contributed by atoms with Crippen LogP contribution in [0.2, 0.25) is 0 Å². The zero-order valence-electron chi connectivity index (χ0n) is 10.2. The van der Waals surface area contributed by atoms with Gasteiger partial charge in [0, 0.05) is 17.8 Å². The molecule has 0 unspecified atom stereocenters. The van der Waals surface area contributed by atoms with Gasteiger partial charge in [-0.3, -0.25) is 0 Å². The molecule has 92 valence electrons. The molecule has 3 heteroatoms. The second kappa shape index (κ2) is 5.71. The van der Waals surface area contributed by atoms with E-state index in [1.54, 1.807) is 0 Å². The Hall–Kier alpha value is -2.78. The SMILES string of the molecule is C#Cc1cccc(NCc2cc(F)ccc2C#N)c1. The van der Waals surface area contributed by atoms with Gasteiger partial charge in [0.1, 0.15) is 5.82 Å². The summed E-state index contributed by atoms with van der Waals surface area (Å²) >= 11 is 0. The molecule has 0 amide bonds. The summed E-state index contributed by atoms with van der Waals surface area (Å²) in [4.78, 5) is 0. The van der Waals surface area contributed by atoms with Crippen LogP contribution in [-0.4, -0.2) is 0 Å². The summed E-state index contributed by atoms with van der Waals surface area (Å²) in [5.74, 6) is 2.19. The lowest BCUT2D eigenvalue weighted by atomic mass is 10.1. The van der Waals surface area contributed by atoms with Crippen LogP contribution >= 0.6 is 0 Å². The minimum Gasteiger partial charge on any atom is -0.381 e. The van der Waals surface area contributed by atoms with E-state index in [1.807, 2.05) is 30.3 Å². The van der Waals surface area contributed by atoms with Crippen molar-refractivity contribution in [1.82, 2.24) is 0 Å². The Bertz CT molecular complexity index is 678. The van der Waals surface area contributed by atoms with Crippen LogP contribution in [0.4, 0.5) is 10.1 Å². The van der Waals surface area contributed by atoms with Crippen LogP contribution in [0.25, 0.3) is 0 Å². The van der Waals surface area contributed by atoms with Gasteiger partial charge in [-0.05, 0) is 42.0 Å². The molecule has 0 aliphatic carbocycles. The number of terminal acetylenes is 1. The first kappa shape index (κ1) is 12.7. The number of hydrogen-bond acceptors (Lipinski definition) is 2. The van der Waals surface area contributed by atoms with Gasteiger partial charge in [-0.25, -0.2) is 4.39 Å². The Kier molecular flexibility index (Phi) is 3.81. The molecule has 2 nitrogen and oxygen atoms in total. The standard InChI is InChI=1S/C16H11FN2/c1-2-12-4-3-5-16(8-12)19-11-14-9-15(17)7-6-13(14)10-18/h1,3-9,19H,11H2. The largest absolute Gasteiger partial charge is 0.381 e. The third-order valence-electron chi connectivity index (χ3n) is 2.70. The summed E-state index contributed by atoms with van der Waals surface area (Å²) in [6.07, 6.45) is 5.32. The molecule has 2 aromatic rings. The van der Waals surface area contributed by atoms with Gasteiger partial charge in [0.2, 0.25) is 0 Å². The molecule has 0 spiro atoms. The van der Waals surface area contributed by atoms with E-state index in [-0.39, 0.29) is 5.82 Å². The summed E-state index contributed by atoms with van der Waals surface area (Å²) in [6, 6.07) is 13.5. The highest BCUT2D eigenvalue weighted by Gasteiger charge is 2.03. The molecule has 1 N–H and O–H groups in total. The van der Waals surface area contributed by atoms with Gasteiger partial charge in [-0.15, -0.1) is 6.42 Å². The number of nitriles is 1. The van der Waals surface area contributed by atoms with E-state index in [0.717, 1.165) is 11.3 Å². The highest BCUT2D eigenvalue weighted by molar-refractivity contribution is 5.51. The van der Waals surface area contributed by atoms with Gasteiger partial charge >= 0.3 is 0 Å². The molecule has 0 atom stereocenters. The summed E-state index contributed by atoms with van der Waals surface area (Å²) in [7, 11) is 0. The van der Waals surface area contributed by atoms with Gasteiger partial charge in [0.05, 0.1) is 11.6 Å². The number of nitrogens with one attached hydrogen (secondary N) is 1. The van der Waals surface area contributed by atoms with Gasteiger partial charge in [0.25, 0.3) is 0 Å². The van der Waals surface area contributed by atoms with Crippen LogP contribution in [-0.2, 0) is 6.54 Å². The Balaban J connectivity index is 2.17. The fraction of sp³-hybridized carbons (Fsp3) is 0.0625. The van der Waals surface area contributed by atoms with Crippen LogP contribution in [0.3, 0.4) is 0 Å². The first-order valence-electron chi connectivity index (χ1n) is 5.72. The molecule has 2 rings (SSSR count). The fourth-order valence-corrected chi connectivity index (χ4v) is 1.73. The average molecular weight is 250 g/mol. The van der Waals surface area contributed by atoms with Crippen molar-refractivity contribution >= 4 is 5.69 Å². The van der Waals surface area contributed by atoms with E-state index < -0.39 is 0 Å². The minimum atomic E-state index is -0.354. The third-order valence-corrected chi connectivity index (χ3v) is 2.70. The van der Waals surface area contributed by atoms with Crippen LogP contribution in [0, 0.1) is 29.5 Å². The molecule has 0 aliphatic rings. The van der Waals surface area contributed by atoms with Crippen molar-refractivity contribution in [3.8, 4) is 18.4 Å². The van der Waals surface area contributed by atoms with Crippen molar-refractivity contribution < 1.29 is 4.39 Å². The van der Waals surface area contributed by atoms with Gasteiger partial charge in [-0.2, -0.15) is 5.26 Å². The van der Waals surface area contributed by atoms with Crippen molar-refractivity contribution in [2.75, 3.05) is 5.32 Å². The molecule has 0 saturated carbocycles. The molecular weight excluding hydrogens is 239 g/mol. The molecule has 0 saturated heterocycles. The quantitative estimate of drug-likeness (QED) is 0.848. The summed E-state index contributed by atoms with van der Waals surface area (Å²) < 4.78 is 13.2. The summed E-state index contributed by atoms with van der Waals surface area (Å²) in [5.41, 5.74) is 2.68. The van der Waals surface area contributed by atoms with Crippen molar-refractivity contribution in [3.63, 3.8) is 0 Å². The lowest BCUT2D eigenvalue weighted by Crippen LogP contribution is -2.02. The maximum absolute atomic E-state index is 13.2. The highest BCUT2D eigenvalue weighted by atomic mass is 19.1. The lowest BCUT2D eigenvalue weighted by molar-refractivity contribution is 0.625. The molecule has 2 aromatic carbocycles. The maximum atomic E-state index is 13.2. The normalized spacial score (nSPS) is 9.42. The number of benzene rings is 2. The summed E-state index contributed by atoms with van der Waals surface area (Å²) in [5, 5.41) is 12.1. The monoisotopic (exact) mass is 250 g/mol. The van der Waals surface area contributed by atoms with Gasteiger partial charge in [0.15, 0.2) is 0 Å².